The van der Waals surface area contributed by atoms with Crippen LogP contribution in [0, 0.1) is 11.7 Å². The molecule has 0 spiro atoms. The first-order valence-electron chi connectivity index (χ1n) is 8.45. The van der Waals surface area contributed by atoms with Gasteiger partial charge in [-0.05, 0) is 50.1 Å². The van der Waals surface area contributed by atoms with Gasteiger partial charge in [-0.15, -0.1) is 0 Å². The van der Waals surface area contributed by atoms with E-state index in [4.69, 9.17) is 0 Å². The van der Waals surface area contributed by atoms with Crippen LogP contribution >= 0.6 is 0 Å². The van der Waals surface area contributed by atoms with Crippen LogP contribution in [-0.4, -0.2) is 62.6 Å². The quantitative estimate of drug-likeness (QED) is 0.727. The van der Waals surface area contributed by atoms with Gasteiger partial charge in [0.25, 0.3) is 0 Å². The molecule has 0 aromatic heterocycles. The fourth-order valence-corrected chi connectivity index (χ4v) is 4.31. The molecule has 0 radical (unpaired) electrons. The highest BCUT2D eigenvalue weighted by atomic mass is 32.2. The van der Waals surface area contributed by atoms with Crippen LogP contribution in [0.4, 0.5) is 4.39 Å². The number of hydrogen-bond donors (Lipinski definition) is 0. The lowest BCUT2D eigenvalue weighted by Crippen LogP contribution is -2.49. The molecule has 1 saturated heterocycles. The summed E-state index contributed by atoms with van der Waals surface area (Å²) < 4.78 is 37.3. The Morgan fingerprint density at radius 3 is 2.29 bits per heavy atom. The molecule has 0 bridgehead atoms. The van der Waals surface area contributed by atoms with Gasteiger partial charge in [-0.2, -0.15) is 0 Å². The predicted molar refractivity (Wildman–Crippen MR) is 88.8 cm³/mol. The number of amides is 1. The topological polar surface area (TPSA) is 57.7 Å². The van der Waals surface area contributed by atoms with Crippen molar-refractivity contribution in [2.24, 2.45) is 5.92 Å². The van der Waals surface area contributed by atoms with Crippen LogP contribution in [0.1, 0.15) is 19.3 Å². The first-order valence-corrected chi connectivity index (χ1v) is 10.1. The lowest BCUT2D eigenvalue weighted by Gasteiger charge is -2.34. The van der Waals surface area contributed by atoms with E-state index >= 15 is 0 Å². The van der Waals surface area contributed by atoms with Crippen LogP contribution in [0.3, 0.4) is 0 Å². The molecule has 0 N–H and O–H groups in total. The summed E-state index contributed by atoms with van der Waals surface area (Å²) >= 11 is 0. The van der Waals surface area contributed by atoms with Gasteiger partial charge in [0.05, 0.1) is 10.6 Å². The van der Waals surface area contributed by atoms with Crippen molar-refractivity contribution in [1.82, 2.24) is 9.80 Å². The van der Waals surface area contributed by atoms with Crippen molar-refractivity contribution in [3.05, 3.63) is 30.1 Å². The second-order valence-electron chi connectivity index (χ2n) is 6.57. The molecule has 1 aromatic rings. The summed E-state index contributed by atoms with van der Waals surface area (Å²) in [5.74, 6) is 0.165. The SMILES string of the molecule is O=C(C1CC1)N1CCN(CCCS(=O)(=O)c2ccc(F)cc2)CC1. The van der Waals surface area contributed by atoms with E-state index in [9.17, 15) is 17.6 Å². The van der Waals surface area contributed by atoms with Gasteiger partial charge in [0.2, 0.25) is 5.91 Å². The summed E-state index contributed by atoms with van der Waals surface area (Å²) in [6.45, 7) is 3.77. The summed E-state index contributed by atoms with van der Waals surface area (Å²) in [5, 5.41) is 0. The lowest BCUT2D eigenvalue weighted by atomic mass is 10.2. The highest BCUT2D eigenvalue weighted by molar-refractivity contribution is 7.91. The minimum Gasteiger partial charge on any atom is -0.340 e. The molecule has 1 amide bonds. The van der Waals surface area contributed by atoms with Crippen LogP contribution in [0.5, 0.6) is 0 Å². The average molecular weight is 354 g/mol. The molecular formula is C17H23FN2O3S. The van der Waals surface area contributed by atoms with E-state index in [-0.39, 0.29) is 22.5 Å². The molecule has 0 atom stereocenters. The third-order valence-corrected chi connectivity index (χ3v) is 6.49. The minimum atomic E-state index is -3.36. The molecular weight excluding hydrogens is 331 g/mol. The summed E-state index contributed by atoms with van der Waals surface area (Å²) in [6, 6.07) is 4.96. The molecule has 3 rings (SSSR count). The Balaban J connectivity index is 1.42. The molecule has 5 nitrogen and oxygen atoms in total. The Morgan fingerprint density at radius 2 is 1.71 bits per heavy atom. The van der Waals surface area contributed by atoms with Crippen molar-refractivity contribution in [3.63, 3.8) is 0 Å². The average Bonchev–Trinajstić information content (AvgIpc) is 3.40. The Bertz CT molecular complexity index is 678. The number of hydrogen-bond acceptors (Lipinski definition) is 4. The van der Waals surface area contributed by atoms with Gasteiger partial charge >= 0.3 is 0 Å². The van der Waals surface area contributed by atoms with Crippen molar-refractivity contribution >= 4 is 15.7 Å². The van der Waals surface area contributed by atoms with Crippen LogP contribution in [0.2, 0.25) is 0 Å². The number of benzene rings is 1. The summed E-state index contributed by atoms with van der Waals surface area (Å²) in [6.07, 6.45) is 2.59. The largest absolute Gasteiger partial charge is 0.340 e. The van der Waals surface area contributed by atoms with Gasteiger partial charge in [0.1, 0.15) is 5.82 Å². The van der Waals surface area contributed by atoms with E-state index in [1.807, 2.05) is 4.90 Å². The molecule has 2 aliphatic rings. The molecule has 132 valence electrons. The monoisotopic (exact) mass is 354 g/mol. The van der Waals surface area contributed by atoms with Crippen LogP contribution < -0.4 is 0 Å². The minimum absolute atomic E-state index is 0.0554. The van der Waals surface area contributed by atoms with E-state index < -0.39 is 15.7 Å². The third-order valence-electron chi connectivity index (χ3n) is 4.67. The summed E-state index contributed by atoms with van der Waals surface area (Å²) in [7, 11) is -3.36. The van der Waals surface area contributed by atoms with Gasteiger partial charge < -0.3 is 4.90 Å². The summed E-state index contributed by atoms with van der Waals surface area (Å²) in [5.41, 5.74) is 0. The Labute approximate surface area is 142 Å². The zero-order chi connectivity index (χ0) is 17.2. The maximum absolute atomic E-state index is 12.9. The number of rotatable bonds is 6. The number of nitrogens with zero attached hydrogens (tertiary/aromatic N) is 2. The van der Waals surface area contributed by atoms with Crippen LogP contribution in [0.15, 0.2) is 29.2 Å². The Hall–Kier alpha value is -1.47. The van der Waals surface area contributed by atoms with E-state index in [0.717, 1.165) is 39.0 Å². The highest BCUT2D eigenvalue weighted by Crippen LogP contribution is 2.31. The van der Waals surface area contributed by atoms with Gasteiger partial charge in [-0.1, -0.05) is 0 Å². The van der Waals surface area contributed by atoms with E-state index in [1.54, 1.807) is 0 Å². The first kappa shape index (κ1) is 17.4. The lowest BCUT2D eigenvalue weighted by molar-refractivity contribution is -0.134. The Morgan fingerprint density at radius 1 is 1.08 bits per heavy atom. The fourth-order valence-electron chi connectivity index (χ4n) is 3.02. The predicted octanol–water partition coefficient (Wildman–Crippen LogP) is 1.54. The molecule has 2 fully saturated rings. The van der Waals surface area contributed by atoms with E-state index in [2.05, 4.69) is 4.90 Å². The third kappa shape index (κ3) is 4.33. The van der Waals surface area contributed by atoms with E-state index in [0.29, 0.717) is 13.0 Å². The zero-order valence-corrected chi connectivity index (χ0v) is 14.5. The van der Waals surface area contributed by atoms with Gasteiger partial charge in [0, 0.05) is 32.1 Å². The summed E-state index contributed by atoms with van der Waals surface area (Å²) in [4.78, 5) is 16.3. The van der Waals surface area contributed by atoms with Crippen molar-refractivity contribution in [1.29, 1.82) is 0 Å². The number of halogens is 1. The molecule has 0 unspecified atom stereocenters. The number of piperazine rings is 1. The smallest absolute Gasteiger partial charge is 0.225 e. The fraction of sp³-hybridized carbons (Fsp3) is 0.588. The maximum atomic E-state index is 12.9. The number of carbonyl (C=O) groups is 1. The molecule has 1 aliphatic carbocycles. The second kappa shape index (κ2) is 7.19. The normalized spacial score (nSPS) is 19.5. The second-order valence-corrected chi connectivity index (χ2v) is 8.68. The van der Waals surface area contributed by atoms with Crippen molar-refractivity contribution in [2.45, 2.75) is 24.2 Å². The molecule has 1 aliphatic heterocycles. The standard InChI is InChI=1S/C17H23FN2O3S/c18-15-4-6-16(7-5-15)24(22,23)13-1-8-19-9-11-20(12-10-19)17(21)14-2-3-14/h4-7,14H,1-3,8-13H2. The van der Waals surface area contributed by atoms with Gasteiger partial charge in [-0.3, -0.25) is 9.69 Å². The highest BCUT2D eigenvalue weighted by Gasteiger charge is 2.34. The molecule has 7 heteroatoms. The first-order chi connectivity index (χ1) is 11.5. The van der Waals surface area contributed by atoms with E-state index in [1.165, 1.54) is 24.3 Å². The number of sulfone groups is 1. The Kier molecular flexibility index (Phi) is 5.20. The number of carbonyl (C=O) groups excluding carboxylic acids is 1. The van der Waals surface area contributed by atoms with Gasteiger partial charge in [-0.25, -0.2) is 12.8 Å². The van der Waals surface area contributed by atoms with Crippen molar-refractivity contribution < 1.29 is 17.6 Å². The molecule has 1 heterocycles. The zero-order valence-electron chi connectivity index (χ0n) is 13.7. The molecule has 1 saturated carbocycles. The maximum Gasteiger partial charge on any atom is 0.225 e. The van der Waals surface area contributed by atoms with Crippen molar-refractivity contribution in [2.75, 3.05) is 38.5 Å². The molecule has 24 heavy (non-hydrogen) atoms. The van der Waals surface area contributed by atoms with Crippen LogP contribution in [0.25, 0.3) is 0 Å². The van der Waals surface area contributed by atoms with Gasteiger partial charge in [0.15, 0.2) is 9.84 Å². The molecule has 1 aromatic carbocycles. The van der Waals surface area contributed by atoms with Crippen LogP contribution in [-0.2, 0) is 14.6 Å². The van der Waals surface area contributed by atoms with Crippen molar-refractivity contribution in [3.8, 4) is 0 Å².